The minimum atomic E-state index is -0.147. The number of carbonyl (C=O) groups is 4. The molecule has 0 unspecified atom stereocenters. The predicted molar refractivity (Wildman–Crippen MR) is 130 cm³/mol. The Labute approximate surface area is 206 Å². The minimum absolute atomic E-state index is 0.0915. The van der Waals surface area contributed by atoms with E-state index in [0.717, 1.165) is 40.7 Å². The number of carbonyl (C=O) groups excluding carboxylic acids is 4. The summed E-state index contributed by atoms with van der Waals surface area (Å²) in [4.78, 5) is 45.6. The quantitative estimate of drug-likeness (QED) is 0.289. The third kappa shape index (κ3) is 11.9. The van der Waals surface area contributed by atoms with E-state index in [2.05, 4.69) is 36.3 Å². The third-order valence-corrected chi connectivity index (χ3v) is 6.44. The molecule has 0 saturated heterocycles. The van der Waals surface area contributed by atoms with Gasteiger partial charge in [-0.3, -0.25) is 19.2 Å². The summed E-state index contributed by atoms with van der Waals surface area (Å²) in [6.45, 7) is 3.87. The Kier molecular flexibility index (Phi) is 12.2. The van der Waals surface area contributed by atoms with Crippen molar-refractivity contribution in [1.82, 2.24) is 31.0 Å². The van der Waals surface area contributed by atoms with Crippen LogP contribution < -0.4 is 16.0 Å². The highest BCUT2D eigenvalue weighted by Gasteiger charge is 2.11. The molecule has 0 bridgehead atoms. The summed E-state index contributed by atoms with van der Waals surface area (Å²) in [5.74, 6) is -0.250. The monoisotopic (exact) mass is 509 g/mol. The van der Waals surface area contributed by atoms with E-state index in [9.17, 15) is 19.2 Å². The van der Waals surface area contributed by atoms with E-state index in [-0.39, 0.29) is 29.9 Å². The third-order valence-electron chi connectivity index (χ3n) is 4.56. The van der Waals surface area contributed by atoms with Gasteiger partial charge in [-0.1, -0.05) is 11.3 Å². The summed E-state index contributed by atoms with van der Waals surface area (Å²) in [7, 11) is 0. The number of nitrogens with zero attached hydrogens (tertiary/aromatic N) is 4. The van der Waals surface area contributed by atoms with Crippen molar-refractivity contribution in [3.05, 3.63) is 15.0 Å². The molecule has 0 aliphatic rings. The first kappa shape index (κ1) is 27.4. The molecule has 3 amide bonds. The molecule has 0 atom stereocenters. The first-order chi connectivity index (χ1) is 16.3. The lowest BCUT2D eigenvalue weighted by atomic mass is 10.2. The van der Waals surface area contributed by atoms with Gasteiger partial charge >= 0.3 is 0 Å². The van der Waals surface area contributed by atoms with Crippen LogP contribution in [0.3, 0.4) is 0 Å². The van der Waals surface area contributed by atoms with Crippen LogP contribution in [0.2, 0.25) is 0 Å². The zero-order chi connectivity index (χ0) is 24.8. The Bertz CT molecular complexity index is 884. The Morgan fingerprint density at radius 1 is 0.706 bits per heavy atom. The van der Waals surface area contributed by atoms with Gasteiger partial charge < -0.3 is 16.0 Å². The molecule has 0 aliphatic heterocycles. The van der Waals surface area contributed by atoms with Crippen LogP contribution in [0.4, 0.5) is 5.13 Å². The van der Waals surface area contributed by atoms with Crippen molar-refractivity contribution in [2.24, 2.45) is 0 Å². The summed E-state index contributed by atoms with van der Waals surface area (Å²) >= 11 is 2.83. The highest BCUT2D eigenvalue weighted by molar-refractivity contribution is 7.15. The van der Waals surface area contributed by atoms with Crippen LogP contribution in [0, 0.1) is 0 Å². The summed E-state index contributed by atoms with van der Waals surface area (Å²) < 4.78 is 0. The molecule has 11 nitrogen and oxygen atoms in total. The molecule has 0 aromatic carbocycles. The number of hydrogen-bond acceptors (Lipinski definition) is 10. The van der Waals surface area contributed by atoms with Crippen LogP contribution in [0.5, 0.6) is 0 Å². The van der Waals surface area contributed by atoms with Crippen LogP contribution in [-0.4, -0.2) is 57.0 Å². The van der Waals surface area contributed by atoms with E-state index in [1.54, 1.807) is 0 Å². The summed E-state index contributed by atoms with van der Waals surface area (Å²) in [6.07, 6.45) is 5.54. The number of Topliss-reactive ketones (excluding diaryl/α,β-unsaturated/α-hetero) is 1. The van der Waals surface area contributed by atoms with Gasteiger partial charge in [0, 0.05) is 52.6 Å². The van der Waals surface area contributed by atoms with Crippen LogP contribution in [-0.2, 0) is 38.4 Å². The van der Waals surface area contributed by atoms with E-state index in [4.69, 9.17) is 0 Å². The van der Waals surface area contributed by atoms with Gasteiger partial charge in [-0.25, -0.2) is 0 Å². The highest BCUT2D eigenvalue weighted by atomic mass is 32.1. The van der Waals surface area contributed by atoms with Gasteiger partial charge in [-0.2, -0.15) is 0 Å². The van der Waals surface area contributed by atoms with Gasteiger partial charge in [0.05, 0.1) is 6.42 Å². The number of hydrogen-bond donors (Lipinski definition) is 3. The molecule has 2 rings (SSSR count). The van der Waals surface area contributed by atoms with Gasteiger partial charge in [0.25, 0.3) is 0 Å². The van der Waals surface area contributed by atoms with Crippen molar-refractivity contribution in [2.45, 2.75) is 71.6 Å². The SMILES string of the molecule is CC(=O)NCCCC(=O)Cc1nnc(CCCCc2nnc(NC(=O)CCCNC(C)=O)s2)s1. The zero-order valence-electron chi connectivity index (χ0n) is 19.5. The Morgan fingerprint density at radius 3 is 1.91 bits per heavy atom. The maximum Gasteiger partial charge on any atom is 0.226 e. The van der Waals surface area contributed by atoms with Gasteiger partial charge in [0.2, 0.25) is 22.9 Å². The molecule has 3 N–H and O–H groups in total. The lowest BCUT2D eigenvalue weighted by molar-refractivity contribution is -0.120. The molecule has 0 saturated carbocycles. The second kappa shape index (κ2) is 15.2. The van der Waals surface area contributed by atoms with Gasteiger partial charge in [-0.15, -0.1) is 31.7 Å². The smallest absolute Gasteiger partial charge is 0.226 e. The van der Waals surface area contributed by atoms with Crippen molar-refractivity contribution < 1.29 is 19.2 Å². The number of aryl methyl sites for hydroxylation is 2. The zero-order valence-corrected chi connectivity index (χ0v) is 21.1. The van der Waals surface area contributed by atoms with Gasteiger partial charge in [-0.05, 0) is 25.7 Å². The average molecular weight is 510 g/mol. The van der Waals surface area contributed by atoms with Crippen LogP contribution >= 0.6 is 22.7 Å². The molecule has 34 heavy (non-hydrogen) atoms. The van der Waals surface area contributed by atoms with Crippen LogP contribution in [0.25, 0.3) is 0 Å². The van der Waals surface area contributed by atoms with E-state index in [0.29, 0.717) is 43.9 Å². The number of rotatable bonds is 16. The van der Waals surface area contributed by atoms with Crippen molar-refractivity contribution in [2.75, 3.05) is 18.4 Å². The molecule has 0 spiro atoms. The van der Waals surface area contributed by atoms with Crippen LogP contribution in [0.1, 0.15) is 67.4 Å². The summed E-state index contributed by atoms with van der Waals surface area (Å²) in [5, 5.41) is 27.5. The predicted octanol–water partition coefficient (Wildman–Crippen LogP) is 1.84. The largest absolute Gasteiger partial charge is 0.356 e. The first-order valence-electron chi connectivity index (χ1n) is 11.3. The first-order valence-corrected chi connectivity index (χ1v) is 12.9. The Balaban J connectivity index is 1.60. The van der Waals surface area contributed by atoms with Gasteiger partial charge in [0.1, 0.15) is 20.8 Å². The number of aromatic nitrogens is 4. The fourth-order valence-corrected chi connectivity index (χ4v) is 4.63. The van der Waals surface area contributed by atoms with E-state index in [1.165, 1.54) is 36.5 Å². The second-order valence-electron chi connectivity index (χ2n) is 7.73. The molecule has 186 valence electrons. The standard InChI is InChI=1S/C21H31N7O4S2/c1-14(29)22-11-5-7-16(31)13-20-27-25-18(33-20)9-3-4-10-19-26-28-21(34-19)24-17(32)8-6-12-23-15(2)30/h3-13H2,1-2H3,(H,22,29)(H,23,30)(H,24,28,32). The molecule has 2 aromatic heterocycles. The molecule has 13 heteroatoms. The van der Waals surface area contributed by atoms with Crippen molar-refractivity contribution in [3.63, 3.8) is 0 Å². The highest BCUT2D eigenvalue weighted by Crippen LogP contribution is 2.19. The van der Waals surface area contributed by atoms with Crippen LogP contribution in [0.15, 0.2) is 0 Å². The second-order valence-corrected chi connectivity index (χ2v) is 9.94. The maximum absolute atomic E-state index is 12.0. The van der Waals surface area contributed by atoms with Gasteiger partial charge in [0.15, 0.2) is 0 Å². The molecule has 2 aromatic rings. The molecule has 0 radical (unpaired) electrons. The van der Waals surface area contributed by atoms with Crippen molar-refractivity contribution in [1.29, 1.82) is 0 Å². The lowest BCUT2D eigenvalue weighted by Crippen LogP contribution is -2.22. The molecule has 0 aliphatic carbocycles. The van der Waals surface area contributed by atoms with E-state index >= 15 is 0 Å². The lowest BCUT2D eigenvalue weighted by Gasteiger charge is -2.02. The number of nitrogens with one attached hydrogen (secondary N) is 3. The van der Waals surface area contributed by atoms with E-state index in [1.807, 2.05) is 0 Å². The van der Waals surface area contributed by atoms with Crippen molar-refractivity contribution in [3.8, 4) is 0 Å². The fourth-order valence-electron chi connectivity index (χ4n) is 2.92. The molecule has 0 fully saturated rings. The topological polar surface area (TPSA) is 156 Å². The fraction of sp³-hybridized carbons (Fsp3) is 0.619. The maximum atomic E-state index is 12.0. The Hall–Kier alpha value is -2.80. The number of unbranched alkanes of at least 4 members (excludes halogenated alkanes) is 1. The van der Waals surface area contributed by atoms with E-state index < -0.39 is 0 Å². The molecular weight excluding hydrogens is 478 g/mol. The Morgan fingerprint density at radius 2 is 1.26 bits per heavy atom. The summed E-state index contributed by atoms with van der Waals surface area (Å²) in [5.41, 5.74) is 0. The molecule has 2 heterocycles. The number of ketones is 1. The molecular formula is C21H31N7O4S2. The average Bonchev–Trinajstić information content (AvgIpc) is 3.41. The normalized spacial score (nSPS) is 10.6. The number of anilines is 1. The number of amides is 3. The summed E-state index contributed by atoms with van der Waals surface area (Å²) in [6, 6.07) is 0. The minimum Gasteiger partial charge on any atom is -0.356 e. The van der Waals surface area contributed by atoms with Crippen molar-refractivity contribution >= 4 is 51.3 Å².